The van der Waals surface area contributed by atoms with E-state index in [9.17, 15) is 0 Å². The van der Waals surface area contributed by atoms with Crippen LogP contribution in [0.25, 0.3) is 0 Å². The SMILES string of the molecule is CCCNC(Cc1ccnc(N)c1)Cc1ccccc1Br. The first kappa shape index (κ1) is 16.0. The number of rotatable bonds is 7. The van der Waals surface area contributed by atoms with Gasteiger partial charge in [-0.15, -0.1) is 0 Å². The Morgan fingerprint density at radius 2 is 2.05 bits per heavy atom. The molecular formula is C17H22BrN3. The topological polar surface area (TPSA) is 50.9 Å². The van der Waals surface area contributed by atoms with Crippen LogP contribution in [0.2, 0.25) is 0 Å². The van der Waals surface area contributed by atoms with E-state index in [2.05, 4.69) is 51.4 Å². The molecule has 0 aliphatic carbocycles. The highest BCUT2D eigenvalue weighted by Gasteiger charge is 2.12. The lowest BCUT2D eigenvalue weighted by molar-refractivity contribution is 0.504. The van der Waals surface area contributed by atoms with Gasteiger partial charge in [-0.3, -0.25) is 0 Å². The minimum absolute atomic E-state index is 0.394. The second-order valence-corrected chi connectivity index (χ2v) is 6.09. The fourth-order valence-corrected chi connectivity index (χ4v) is 2.85. The molecule has 112 valence electrons. The van der Waals surface area contributed by atoms with Crippen LogP contribution in [-0.4, -0.2) is 17.6 Å². The Kier molecular flexibility index (Phi) is 6.21. The Morgan fingerprint density at radius 1 is 1.24 bits per heavy atom. The summed E-state index contributed by atoms with van der Waals surface area (Å²) in [7, 11) is 0. The van der Waals surface area contributed by atoms with Crippen molar-refractivity contribution in [3.05, 3.63) is 58.2 Å². The van der Waals surface area contributed by atoms with E-state index in [4.69, 9.17) is 5.73 Å². The summed E-state index contributed by atoms with van der Waals surface area (Å²) in [6, 6.07) is 12.8. The zero-order valence-corrected chi connectivity index (χ0v) is 13.9. The summed E-state index contributed by atoms with van der Waals surface area (Å²) in [6.07, 6.45) is 4.85. The van der Waals surface area contributed by atoms with Gasteiger partial charge in [-0.05, 0) is 55.1 Å². The highest BCUT2D eigenvalue weighted by molar-refractivity contribution is 9.10. The van der Waals surface area contributed by atoms with Gasteiger partial charge in [-0.1, -0.05) is 41.1 Å². The average molecular weight is 348 g/mol. The number of nitrogen functional groups attached to an aromatic ring is 1. The largest absolute Gasteiger partial charge is 0.384 e. The molecule has 0 spiro atoms. The molecule has 21 heavy (non-hydrogen) atoms. The molecule has 1 aromatic heterocycles. The van der Waals surface area contributed by atoms with Crippen LogP contribution in [0, 0.1) is 0 Å². The van der Waals surface area contributed by atoms with Crippen LogP contribution in [0.5, 0.6) is 0 Å². The van der Waals surface area contributed by atoms with Gasteiger partial charge in [0.2, 0.25) is 0 Å². The van der Waals surface area contributed by atoms with Gasteiger partial charge < -0.3 is 11.1 Å². The Bertz CT molecular complexity index is 571. The fraction of sp³-hybridized carbons (Fsp3) is 0.353. The van der Waals surface area contributed by atoms with Crippen molar-refractivity contribution in [3.8, 4) is 0 Å². The van der Waals surface area contributed by atoms with Crippen molar-refractivity contribution >= 4 is 21.7 Å². The lowest BCUT2D eigenvalue weighted by Crippen LogP contribution is -2.34. The van der Waals surface area contributed by atoms with Crippen molar-refractivity contribution in [2.75, 3.05) is 12.3 Å². The Morgan fingerprint density at radius 3 is 2.76 bits per heavy atom. The van der Waals surface area contributed by atoms with E-state index in [1.807, 2.05) is 18.2 Å². The smallest absolute Gasteiger partial charge is 0.123 e. The first-order chi connectivity index (χ1) is 10.2. The number of halogens is 1. The number of aromatic nitrogens is 1. The molecule has 3 nitrogen and oxygen atoms in total. The second kappa shape index (κ2) is 8.15. The van der Waals surface area contributed by atoms with Crippen molar-refractivity contribution in [2.24, 2.45) is 0 Å². The number of hydrogen-bond donors (Lipinski definition) is 2. The maximum absolute atomic E-state index is 5.77. The summed E-state index contributed by atoms with van der Waals surface area (Å²) in [5.74, 6) is 0.586. The number of nitrogens with zero attached hydrogens (tertiary/aromatic N) is 1. The summed E-state index contributed by atoms with van der Waals surface area (Å²) in [5.41, 5.74) is 8.32. The molecule has 2 rings (SSSR count). The minimum atomic E-state index is 0.394. The molecule has 1 atom stereocenters. The third kappa shape index (κ3) is 5.14. The van der Waals surface area contributed by atoms with Gasteiger partial charge in [-0.25, -0.2) is 4.98 Å². The predicted octanol–water partition coefficient (Wildman–Crippen LogP) is 3.58. The summed E-state index contributed by atoms with van der Waals surface area (Å²) < 4.78 is 1.17. The van der Waals surface area contributed by atoms with E-state index < -0.39 is 0 Å². The molecule has 4 heteroatoms. The number of benzene rings is 1. The molecule has 0 saturated heterocycles. The third-order valence-corrected chi connectivity index (χ3v) is 4.21. The van der Waals surface area contributed by atoms with Gasteiger partial charge in [0.15, 0.2) is 0 Å². The van der Waals surface area contributed by atoms with Crippen molar-refractivity contribution < 1.29 is 0 Å². The number of pyridine rings is 1. The lowest BCUT2D eigenvalue weighted by atomic mass is 9.99. The van der Waals surface area contributed by atoms with Crippen LogP contribution < -0.4 is 11.1 Å². The summed E-state index contributed by atoms with van der Waals surface area (Å²) in [5, 5.41) is 3.63. The number of hydrogen-bond acceptors (Lipinski definition) is 3. The number of nitrogens with two attached hydrogens (primary N) is 1. The van der Waals surface area contributed by atoms with Crippen LogP contribution >= 0.6 is 15.9 Å². The number of nitrogens with one attached hydrogen (secondary N) is 1. The summed E-state index contributed by atoms with van der Waals surface area (Å²) >= 11 is 3.63. The molecule has 1 unspecified atom stereocenters. The predicted molar refractivity (Wildman–Crippen MR) is 92.3 cm³/mol. The quantitative estimate of drug-likeness (QED) is 0.804. The standard InChI is InChI=1S/C17H22BrN3/c1-2-8-20-15(10-13-7-9-21-17(19)11-13)12-14-5-3-4-6-16(14)18/h3-7,9,11,15,20H,2,8,10,12H2,1H3,(H2,19,21). The third-order valence-electron chi connectivity index (χ3n) is 3.43. The van der Waals surface area contributed by atoms with Crippen molar-refractivity contribution in [3.63, 3.8) is 0 Å². The maximum Gasteiger partial charge on any atom is 0.123 e. The van der Waals surface area contributed by atoms with E-state index in [1.54, 1.807) is 6.20 Å². The van der Waals surface area contributed by atoms with Gasteiger partial charge >= 0.3 is 0 Å². The van der Waals surface area contributed by atoms with E-state index in [0.717, 1.165) is 25.8 Å². The first-order valence-corrected chi connectivity index (χ1v) is 8.15. The van der Waals surface area contributed by atoms with Crippen molar-refractivity contribution in [1.82, 2.24) is 10.3 Å². The van der Waals surface area contributed by atoms with Crippen LogP contribution in [0.1, 0.15) is 24.5 Å². The number of anilines is 1. The molecule has 0 saturated carbocycles. The summed E-state index contributed by atoms with van der Waals surface area (Å²) in [6.45, 7) is 3.21. The van der Waals surface area contributed by atoms with Crippen molar-refractivity contribution in [2.45, 2.75) is 32.2 Å². The Hall–Kier alpha value is -1.39. The van der Waals surface area contributed by atoms with Gasteiger partial charge in [0.1, 0.15) is 5.82 Å². The van der Waals surface area contributed by atoms with Crippen LogP contribution in [-0.2, 0) is 12.8 Å². The van der Waals surface area contributed by atoms with Crippen LogP contribution in [0.3, 0.4) is 0 Å². The van der Waals surface area contributed by atoms with Gasteiger partial charge in [0.05, 0.1) is 0 Å². The van der Waals surface area contributed by atoms with E-state index in [0.29, 0.717) is 11.9 Å². The molecule has 0 bridgehead atoms. The second-order valence-electron chi connectivity index (χ2n) is 5.24. The van der Waals surface area contributed by atoms with Gasteiger partial charge in [0.25, 0.3) is 0 Å². The minimum Gasteiger partial charge on any atom is -0.384 e. The molecule has 0 radical (unpaired) electrons. The molecule has 1 aromatic carbocycles. The van der Waals surface area contributed by atoms with Crippen LogP contribution in [0.4, 0.5) is 5.82 Å². The van der Waals surface area contributed by atoms with Gasteiger partial charge in [-0.2, -0.15) is 0 Å². The monoisotopic (exact) mass is 347 g/mol. The molecule has 0 aliphatic heterocycles. The van der Waals surface area contributed by atoms with E-state index in [-0.39, 0.29) is 0 Å². The average Bonchev–Trinajstić information content (AvgIpc) is 2.47. The maximum atomic E-state index is 5.77. The Balaban J connectivity index is 2.09. The fourth-order valence-electron chi connectivity index (χ4n) is 2.40. The highest BCUT2D eigenvalue weighted by atomic mass is 79.9. The van der Waals surface area contributed by atoms with Crippen molar-refractivity contribution in [1.29, 1.82) is 0 Å². The molecule has 0 amide bonds. The zero-order chi connectivity index (χ0) is 15.1. The normalized spacial score (nSPS) is 12.3. The van der Waals surface area contributed by atoms with E-state index in [1.165, 1.54) is 15.6 Å². The van der Waals surface area contributed by atoms with E-state index >= 15 is 0 Å². The molecule has 1 heterocycles. The zero-order valence-electron chi connectivity index (χ0n) is 12.3. The molecule has 0 fully saturated rings. The van der Waals surface area contributed by atoms with Gasteiger partial charge in [0, 0.05) is 16.7 Å². The molecule has 3 N–H and O–H groups in total. The molecule has 0 aliphatic rings. The first-order valence-electron chi connectivity index (χ1n) is 7.36. The highest BCUT2D eigenvalue weighted by Crippen LogP contribution is 2.19. The molecule has 2 aromatic rings. The summed E-state index contributed by atoms with van der Waals surface area (Å²) in [4.78, 5) is 4.06. The Labute approximate surface area is 135 Å². The molecular weight excluding hydrogens is 326 g/mol. The van der Waals surface area contributed by atoms with Crippen LogP contribution in [0.15, 0.2) is 47.1 Å². The lowest BCUT2D eigenvalue weighted by Gasteiger charge is -2.19.